The van der Waals surface area contributed by atoms with Crippen LogP contribution >= 0.6 is 0 Å². The normalized spacial score (nSPS) is 15.9. The highest BCUT2D eigenvalue weighted by atomic mass is 15.5. The third kappa shape index (κ3) is 6.57. The van der Waals surface area contributed by atoms with Gasteiger partial charge in [-0.2, -0.15) is 5.21 Å². The van der Waals surface area contributed by atoms with Crippen molar-refractivity contribution in [2.24, 2.45) is 5.92 Å². The molecule has 3 aromatic carbocycles. The molecule has 0 atom stereocenters. The molecule has 1 fully saturated rings. The van der Waals surface area contributed by atoms with Crippen LogP contribution in [-0.4, -0.2) is 54.8 Å². The average molecular weight is 601 g/mol. The smallest absolute Gasteiger partial charge is 0.205 e. The van der Waals surface area contributed by atoms with Crippen LogP contribution in [0.4, 0.5) is 5.82 Å². The summed E-state index contributed by atoms with van der Waals surface area (Å²) in [5, 5.41) is 14.8. The third-order valence-corrected chi connectivity index (χ3v) is 9.36. The fourth-order valence-electron chi connectivity index (χ4n) is 7.17. The molecule has 232 valence electrons. The first-order chi connectivity index (χ1) is 22.1. The highest BCUT2D eigenvalue weighted by Crippen LogP contribution is 2.38. The quantitative estimate of drug-likeness (QED) is 0.181. The number of aromatic nitrogens is 6. The van der Waals surface area contributed by atoms with Crippen LogP contribution in [0.15, 0.2) is 78.9 Å². The lowest BCUT2D eigenvalue weighted by Crippen LogP contribution is -2.45. The van der Waals surface area contributed by atoms with E-state index in [1.807, 2.05) is 6.07 Å². The number of H-pyrrole nitrogens is 1. The summed E-state index contributed by atoms with van der Waals surface area (Å²) < 4.78 is 2.59. The molecule has 45 heavy (non-hydrogen) atoms. The van der Waals surface area contributed by atoms with Gasteiger partial charge < -0.3 is 9.47 Å². The Balaban J connectivity index is 1.21. The largest absolute Gasteiger partial charge is 0.342 e. The molecule has 5 aromatic rings. The van der Waals surface area contributed by atoms with Crippen molar-refractivity contribution in [1.82, 2.24) is 35.1 Å². The van der Waals surface area contributed by atoms with Gasteiger partial charge in [0.15, 0.2) is 5.82 Å². The first kappa shape index (κ1) is 29.4. The fourth-order valence-corrected chi connectivity index (χ4v) is 7.17. The van der Waals surface area contributed by atoms with Crippen molar-refractivity contribution in [2.45, 2.75) is 71.4 Å². The van der Waals surface area contributed by atoms with Crippen LogP contribution in [-0.2, 0) is 19.5 Å². The van der Waals surface area contributed by atoms with E-state index in [0.29, 0.717) is 17.7 Å². The fraction of sp³-hybridized carbons (Fsp3) is 0.405. The summed E-state index contributed by atoms with van der Waals surface area (Å²) in [7, 11) is 0. The molecule has 1 N–H and O–H groups in total. The molecule has 0 amide bonds. The number of hydrogen-bond donors (Lipinski definition) is 1. The number of hydrogen-bond acceptors (Lipinski definition) is 6. The topological polar surface area (TPSA) is 78.8 Å². The van der Waals surface area contributed by atoms with E-state index in [-0.39, 0.29) is 0 Å². The number of anilines is 1. The van der Waals surface area contributed by atoms with Gasteiger partial charge in [0.2, 0.25) is 5.82 Å². The monoisotopic (exact) mass is 600 g/mol. The second-order valence-corrected chi connectivity index (χ2v) is 13.2. The van der Waals surface area contributed by atoms with Crippen LogP contribution in [0.1, 0.15) is 74.5 Å². The number of nitrogens with one attached hydrogen (secondary N) is 1. The van der Waals surface area contributed by atoms with Gasteiger partial charge in [-0.15, -0.1) is 10.2 Å². The molecule has 2 aromatic heterocycles. The summed E-state index contributed by atoms with van der Waals surface area (Å²) in [4.78, 5) is 10.7. The van der Waals surface area contributed by atoms with Gasteiger partial charge in [0.05, 0.1) is 12.4 Å². The Morgan fingerprint density at radius 2 is 1.60 bits per heavy atom. The second-order valence-electron chi connectivity index (χ2n) is 13.2. The zero-order chi connectivity index (χ0) is 30.6. The summed E-state index contributed by atoms with van der Waals surface area (Å²) in [5.41, 5.74) is 7.30. The Hall–Kier alpha value is -4.30. The van der Waals surface area contributed by atoms with E-state index in [9.17, 15) is 0 Å². The van der Waals surface area contributed by atoms with Crippen LogP contribution in [0.3, 0.4) is 0 Å². The third-order valence-electron chi connectivity index (χ3n) is 9.36. The number of nitrogens with zero attached hydrogens (tertiary/aromatic N) is 7. The lowest BCUT2D eigenvalue weighted by Gasteiger charge is -2.37. The number of tetrazole rings is 1. The van der Waals surface area contributed by atoms with Gasteiger partial charge in [0.25, 0.3) is 0 Å². The maximum atomic E-state index is 5.50. The van der Waals surface area contributed by atoms with Crippen molar-refractivity contribution in [2.75, 3.05) is 24.7 Å². The van der Waals surface area contributed by atoms with Gasteiger partial charge in [-0.25, -0.2) is 4.98 Å². The van der Waals surface area contributed by atoms with E-state index >= 15 is 0 Å². The van der Waals surface area contributed by atoms with Crippen molar-refractivity contribution in [3.63, 3.8) is 0 Å². The molecule has 7 rings (SSSR count). The van der Waals surface area contributed by atoms with Gasteiger partial charge in [-0.1, -0.05) is 112 Å². The number of benzene rings is 3. The summed E-state index contributed by atoms with van der Waals surface area (Å²) in [6.07, 6.45) is 7.48. The Labute approximate surface area is 266 Å². The minimum absolute atomic E-state index is 0.532. The molecule has 1 aliphatic heterocycles. The molecule has 0 bridgehead atoms. The van der Waals surface area contributed by atoms with Crippen LogP contribution in [0.25, 0.3) is 22.5 Å². The summed E-state index contributed by atoms with van der Waals surface area (Å²) in [5.74, 6) is 4.22. The molecule has 3 heterocycles. The predicted molar refractivity (Wildman–Crippen MR) is 180 cm³/mol. The Kier molecular flexibility index (Phi) is 8.74. The molecule has 8 heteroatoms. The number of fused-ring (bicyclic) bond motifs is 1. The van der Waals surface area contributed by atoms with Crippen molar-refractivity contribution < 1.29 is 0 Å². The van der Waals surface area contributed by atoms with E-state index in [0.717, 1.165) is 56.0 Å². The average Bonchev–Trinajstić information content (AvgIpc) is 3.74. The van der Waals surface area contributed by atoms with E-state index in [2.05, 4.69) is 122 Å². The van der Waals surface area contributed by atoms with Gasteiger partial charge >= 0.3 is 0 Å². The van der Waals surface area contributed by atoms with E-state index in [1.165, 1.54) is 60.6 Å². The summed E-state index contributed by atoms with van der Waals surface area (Å²) in [6, 6.07) is 28.2. The molecular weight excluding hydrogens is 556 g/mol. The van der Waals surface area contributed by atoms with Crippen LogP contribution in [0, 0.1) is 5.92 Å². The van der Waals surface area contributed by atoms with Crippen molar-refractivity contribution in [3.05, 3.63) is 102 Å². The molecular formula is C37H44N8. The summed E-state index contributed by atoms with van der Waals surface area (Å²) >= 11 is 0. The number of aromatic amines is 1. The molecule has 1 aliphatic carbocycles. The zero-order valence-electron chi connectivity index (χ0n) is 26.6. The van der Waals surface area contributed by atoms with Gasteiger partial charge in [-0.3, -0.25) is 4.90 Å². The number of imidazole rings is 1. The van der Waals surface area contributed by atoms with Gasteiger partial charge in [0.1, 0.15) is 5.82 Å². The first-order valence-corrected chi connectivity index (χ1v) is 16.6. The molecule has 1 saturated carbocycles. The zero-order valence-corrected chi connectivity index (χ0v) is 26.6. The van der Waals surface area contributed by atoms with E-state index < -0.39 is 0 Å². The van der Waals surface area contributed by atoms with Crippen LogP contribution < -0.4 is 4.90 Å². The lowest BCUT2D eigenvalue weighted by molar-refractivity contribution is 0.243. The molecule has 0 radical (unpaired) electrons. The summed E-state index contributed by atoms with van der Waals surface area (Å²) in [6.45, 7) is 9.41. The SMILES string of the molecule is CC(C)CN1CN(CCc2ccccc2)Cc2c1nc(C1CCCCC1)n2Cc1ccc(-c2ccccc2-c2nn[nH]n2)cc1. The second kappa shape index (κ2) is 13.4. The molecule has 0 spiro atoms. The van der Waals surface area contributed by atoms with Crippen molar-refractivity contribution in [3.8, 4) is 22.5 Å². The molecule has 8 nitrogen and oxygen atoms in total. The van der Waals surface area contributed by atoms with Crippen molar-refractivity contribution in [1.29, 1.82) is 0 Å². The van der Waals surface area contributed by atoms with Crippen molar-refractivity contribution >= 4 is 5.82 Å². The Morgan fingerprint density at radius 3 is 2.33 bits per heavy atom. The predicted octanol–water partition coefficient (Wildman–Crippen LogP) is 7.30. The first-order valence-electron chi connectivity index (χ1n) is 16.6. The minimum Gasteiger partial charge on any atom is -0.342 e. The van der Waals surface area contributed by atoms with E-state index in [4.69, 9.17) is 4.98 Å². The standard InChI is InChI=1S/C37H44N8/c1-27(2)23-44-26-43(22-21-28-11-5-3-6-12-28)25-34-37(44)38-36(31-13-7-4-8-14-31)45(34)24-29-17-19-30(20-18-29)32-15-9-10-16-33(32)35-39-41-42-40-35/h3,5-6,9-12,15-20,27,31H,4,7-8,13-14,21-26H2,1-2H3,(H,39,40,41,42). The Morgan fingerprint density at radius 1 is 0.844 bits per heavy atom. The Bertz CT molecular complexity index is 1670. The van der Waals surface area contributed by atoms with Gasteiger partial charge in [0, 0.05) is 37.7 Å². The molecule has 2 aliphatic rings. The van der Waals surface area contributed by atoms with Crippen LogP contribution in [0.5, 0.6) is 0 Å². The molecule has 0 unspecified atom stereocenters. The highest BCUT2D eigenvalue weighted by Gasteiger charge is 2.32. The van der Waals surface area contributed by atoms with Gasteiger partial charge in [-0.05, 0) is 52.6 Å². The van der Waals surface area contributed by atoms with Crippen LogP contribution in [0.2, 0.25) is 0 Å². The highest BCUT2D eigenvalue weighted by molar-refractivity contribution is 5.80. The minimum atomic E-state index is 0.532. The maximum Gasteiger partial charge on any atom is 0.205 e. The number of rotatable bonds is 10. The molecule has 0 saturated heterocycles. The maximum absolute atomic E-state index is 5.50. The van der Waals surface area contributed by atoms with E-state index in [1.54, 1.807) is 0 Å². The lowest BCUT2D eigenvalue weighted by atomic mass is 9.88.